The van der Waals surface area contributed by atoms with Gasteiger partial charge in [0, 0.05) is 6.54 Å². The first kappa shape index (κ1) is 18.2. The molecule has 142 valence electrons. The average Bonchev–Trinajstić information content (AvgIpc) is 2.74. The molecular weight excluding hydrogens is 338 g/mol. The molecule has 27 heavy (non-hydrogen) atoms. The van der Waals surface area contributed by atoms with Gasteiger partial charge in [-0.15, -0.1) is 0 Å². The van der Waals surface area contributed by atoms with Crippen molar-refractivity contribution in [3.63, 3.8) is 0 Å². The van der Waals surface area contributed by atoms with Crippen LogP contribution in [-0.4, -0.2) is 48.3 Å². The standard InChI is InChI=1S/C23H27NO3/c25-17-23(20-9-5-2-6-10-20,15-18-7-3-1-4-8-18)22(26)27-21-16-24-13-11-19(21)12-14-24/h1-10,19,21,25H,11-17H2/t21-,23?/m0/s1. The van der Waals surface area contributed by atoms with Crippen LogP contribution in [0.15, 0.2) is 60.7 Å². The smallest absolute Gasteiger partial charge is 0.319 e. The minimum Gasteiger partial charge on any atom is -0.460 e. The zero-order valence-electron chi connectivity index (χ0n) is 15.6. The molecule has 0 radical (unpaired) electrons. The molecule has 2 atom stereocenters. The van der Waals surface area contributed by atoms with Gasteiger partial charge in [-0.25, -0.2) is 0 Å². The van der Waals surface area contributed by atoms with Gasteiger partial charge in [0.05, 0.1) is 6.61 Å². The van der Waals surface area contributed by atoms with Crippen LogP contribution in [0.2, 0.25) is 0 Å². The highest BCUT2D eigenvalue weighted by atomic mass is 16.5. The topological polar surface area (TPSA) is 49.8 Å². The molecule has 2 aromatic carbocycles. The summed E-state index contributed by atoms with van der Waals surface area (Å²) in [5.41, 5.74) is 0.748. The molecule has 0 amide bonds. The van der Waals surface area contributed by atoms with Gasteiger partial charge in [-0.2, -0.15) is 0 Å². The number of nitrogens with zero attached hydrogens (tertiary/aromatic N) is 1. The first-order valence-corrected chi connectivity index (χ1v) is 9.85. The first-order valence-electron chi connectivity index (χ1n) is 9.85. The Bertz CT molecular complexity index is 756. The number of piperidine rings is 3. The SMILES string of the molecule is O=C(O[C@H]1CN2CCC1CC2)C(CO)(Cc1ccccc1)c1ccccc1. The third-order valence-corrected chi connectivity index (χ3v) is 6.19. The number of benzene rings is 2. The number of esters is 1. The number of aliphatic hydroxyl groups excluding tert-OH is 1. The van der Waals surface area contributed by atoms with Crippen LogP contribution >= 0.6 is 0 Å². The number of ether oxygens (including phenoxy) is 1. The molecule has 3 aliphatic rings. The van der Waals surface area contributed by atoms with E-state index in [9.17, 15) is 9.90 Å². The van der Waals surface area contributed by atoms with Gasteiger partial charge in [0.2, 0.25) is 0 Å². The Morgan fingerprint density at radius 1 is 1.04 bits per heavy atom. The Morgan fingerprint density at radius 2 is 1.67 bits per heavy atom. The van der Waals surface area contributed by atoms with Gasteiger partial charge < -0.3 is 9.84 Å². The summed E-state index contributed by atoms with van der Waals surface area (Å²) < 4.78 is 6.07. The van der Waals surface area contributed by atoms with E-state index in [0.29, 0.717) is 12.3 Å². The van der Waals surface area contributed by atoms with Gasteiger partial charge in [-0.05, 0) is 49.4 Å². The van der Waals surface area contributed by atoms with Crippen LogP contribution in [0.3, 0.4) is 0 Å². The molecule has 3 saturated heterocycles. The Kier molecular flexibility index (Phi) is 5.28. The molecule has 0 spiro atoms. The lowest BCUT2D eigenvalue weighted by molar-refractivity contribution is -0.167. The molecule has 0 aliphatic carbocycles. The zero-order chi connectivity index (χ0) is 18.7. The molecule has 1 unspecified atom stereocenters. The van der Waals surface area contributed by atoms with Crippen LogP contribution in [-0.2, 0) is 21.4 Å². The van der Waals surface area contributed by atoms with Crippen LogP contribution < -0.4 is 0 Å². The fourth-order valence-corrected chi connectivity index (χ4v) is 4.50. The van der Waals surface area contributed by atoms with Crippen molar-refractivity contribution in [2.24, 2.45) is 5.92 Å². The molecular formula is C23H27NO3. The maximum Gasteiger partial charge on any atom is 0.319 e. The van der Waals surface area contributed by atoms with E-state index in [1.165, 1.54) is 0 Å². The maximum atomic E-state index is 13.4. The third-order valence-electron chi connectivity index (χ3n) is 6.19. The Morgan fingerprint density at radius 3 is 2.22 bits per heavy atom. The Balaban J connectivity index is 1.63. The van der Waals surface area contributed by atoms with Crippen molar-refractivity contribution in [3.05, 3.63) is 71.8 Å². The summed E-state index contributed by atoms with van der Waals surface area (Å²) in [4.78, 5) is 15.8. The van der Waals surface area contributed by atoms with E-state index in [-0.39, 0.29) is 18.7 Å². The molecule has 3 fully saturated rings. The van der Waals surface area contributed by atoms with E-state index in [1.807, 2.05) is 60.7 Å². The van der Waals surface area contributed by atoms with E-state index >= 15 is 0 Å². The van der Waals surface area contributed by atoms with Gasteiger partial charge in [-0.3, -0.25) is 9.69 Å². The predicted molar refractivity (Wildman–Crippen MR) is 104 cm³/mol. The van der Waals surface area contributed by atoms with Crippen LogP contribution in [0.4, 0.5) is 0 Å². The lowest BCUT2D eigenvalue weighted by Gasteiger charge is -2.45. The van der Waals surface area contributed by atoms with Crippen molar-refractivity contribution in [1.82, 2.24) is 4.90 Å². The molecule has 0 saturated carbocycles. The summed E-state index contributed by atoms with van der Waals surface area (Å²) >= 11 is 0. The predicted octanol–water partition coefficient (Wildman–Crippen LogP) is 2.80. The van der Waals surface area contributed by atoms with Gasteiger partial charge in [-0.1, -0.05) is 60.7 Å². The number of carbonyl (C=O) groups excluding carboxylic acids is 1. The molecule has 5 rings (SSSR count). The fourth-order valence-electron chi connectivity index (χ4n) is 4.50. The third kappa shape index (κ3) is 3.64. The van der Waals surface area contributed by atoms with Gasteiger partial charge in [0.15, 0.2) is 0 Å². The van der Waals surface area contributed by atoms with Gasteiger partial charge in [0.25, 0.3) is 0 Å². The van der Waals surface area contributed by atoms with Crippen molar-refractivity contribution >= 4 is 5.97 Å². The van der Waals surface area contributed by atoms with E-state index in [2.05, 4.69) is 4.90 Å². The van der Waals surface area contributed by atoms with E-state index in [4.69, 9.17) is 4.74 Å². The molecule has 3 aliphatic heterocycles. The molecule has 4 heteroatoms. The summed E-state index contributed by atoms with van der Waals surface area (Å²) in [6, 6.07) is 19.4. The summed E-state index contributed by atoms with van der Waals surface area (Å²) in [6.07, 6.45) is 2.54. The van der Waals surface area contributed by atoms with Crippen molar-refractivity contribution < 1.29 is 14.6 Å². The maximum absolute atomic E-state index is 13.4. The number of fused-ring (bicyclic) bond motifs is 3. The van der Waals surface area contributed by atoms with Gasteiger partial charge >= 0.3 is 5.97 Å². The van der Waals surface area contributed by atoms with Gasteiger partial charge in [0.1, 0.15) is 11.5 Å². The largest absolute Gasteiger partial charge is 0.460 e. The molecule has 4 nitrogen and oxygen atoms in total. The van der Waals surface area contributed by atoms with E-state index in [0.717, 1.165) is 43.6 Å². The van der Waals surface area contributed by atoms with Crippen LogP contribution in [0.25, 0.3) is 0 Å². The minimum atomic E-state index is -1.07. The normalized spacial score (nSPS) is 26.3. The van der Waals surface area contributed by atoms with Crippen LogP contribution in [0, 0.1) is 5.92 Å². The zero-order valence-corrected chi connectivity index (χ0v) is 15.6. The van der Waals surface area contributed by atoms with E-state index < -0.39 is 5.41 Å². The first-order chi connectivity index (χ1) is 13.2. The molecule has 1 N–H and O–H groups in total. The summed E-state index contributed by atoms with van der Waals surface area (Å²) in [7, 11) is 0. The van der Waals surface area contributed by atoms with Crippen LogP contribution in [0.5, 0.6) is 0 Å². The monoisotopic (exact) mass is 365 g/mol. The van der Waals surface area contributed by atoms with Crippen LogP contribution in [0.1, 0.15) is 24.0 Å². The Hall–Kier alpha value is -2.17. The fraction of sp³-hybridized carbons (Fsp3) is 0.435. The molecule has 2 aromatic rings. The second-order valence-corrected chi connectivity index (χ2v) is 7.85. The van der Waals surface area contributed by atoms with E-state index in [1.54, 1.807) is 0 Å². The molecule has 3 heterocycles. The summed E-state index contributed by atoms with van der Waals surface area (Å²) in [6.45, 7) is 2.75. The summed E-state index contributed by atoms with van der Waals surface area (Å²) in [5.74, 6) is 0.140. The number of rotatable bonds is 6. The van der Waals surface area contributed by atoms with Crippen molar-refractivity contribution in [1.29, 1.82) is 0 Å². The highest BCUT2D eigenvalue weighted by Crippen LogP contribution is 2.34. The van der Waals surface area contributed by atoms with Crippen molar-refractivity contribution in [2.75, 3.05) is 26.2 Å². The second-order valence-electron chi connectivity index (χ2n) is 7.85. The highest BCUT2D eigenvalue weighted by Gasteiger charge is 2.45. The number of hydrogen-bond donors (Lipinski definition) is 1. The second kappa shape index (κ2) is 7.83. The lowest BCUT2D eigenvalue weighted by Crippen LogP contribution is -2.54. The summed E-state index contributed by atoms with van der Waals surface area (Å²) in [5, 5.41) is 10.4. The van der Waals surface area contributed by atoms with Crippen molar-refractivity contribution in [2.45, 2.75) is 30.8 Å². The average molecular weight is 365 g/mol. The highest BCUT2D eigenvalue weighted by molar-refractivity contribution is 5.84. The molecule has 0 aromatic heterocycles. The number of hydrogen-bond acceptors (Lipinski definition) is 4. The van der Waals surface area contributed by atoms with Crippen molar-refractivity contribution in [3.8, 4) is 0 Å². The quantitative estimate of drug-likeness (QED) is 0.800. The molecule has 2 bridgehead atoms. The number of carbonyl (C=O) groups is 1. The minimum absolute atomic E-state index is 0.0644. The lowest BCUT2D eigenvalue weighted by atomic mass is 9.76. The Labute approximate surface area is 160 Å². The number of aliphatic hydroxyl groups is 1.